The summed E-state index contributed by atoms with van der Waals surface area (Å²) in [5.74, 6) is 0.826. The lowest BCUT2D eigenvalue weighted by molar-refractivity contribution is 0.0667. The summed E-state index contributed by atoms with van der Waals surface area (Å²) in [5, 5.41) is 0.795. The quantitative estimate of drug-likeness (QED) is 0.495. The van der Waals surface area contributed by atoms with E-state index < -0.39 is 0 Å². The van der Waals surface area contributed by atoms with Crippen molar-refractivity contribution in [2.45, 2.75) is 18.9 Å². The number of pyridine rings is 1. The van der Waals surface area contributed by atoms with Crippen LogP contribution in [0.15, 0.2) is 55.0 Å². The van der Waals surface area contributed by atoms with Crippen LogP contribution in [0.3, 0.4) is 0 Å². The van der Waals surface area contributed by atoms with Crippen LogP contribution in [0.5, 0.6) is 5.75 Å². The normalized spacial score (nSPS) is 15.1. The standard InChI is InChI=1S/C25H27N5O2/c1-28(2)18-11-14-29(15-12-18)25(31)21-20-6-4-5-13-30(20)24-22(21)23(26-16-27-24)17-7-9-19(32-3)10-8-17/h4-10,13,16,18H,11-12,14-15H2,1-3H3. The molecule has 7 heteroatoms. The lowest BCUT2D eigenvalue weighted by atomic mass is 10.0. The van der Waals surface area contributed by atoms with Crippen LogP contribution < -0.4 is 4.74 Å². The van der Waals surface area contributed by atoms with E-state index in [1.165, 1.54) is 0 Å². The van der Waals surface area contributed by atoms with Gasteiger partial charge in [-0.2, -0.15) is 0 Å². The number of benzene rings is 1. The van der Waals surface area contributed by atoms with E-state index in [-0.39, 0.29) is 5.91 Å². The molecule has 0 N–H and O–H groups in total. The monoisotopic (exact) mass is 429 g/mol. The highest BCUT2D eigenvalue weighted by Crippen LogP contribution is 2.34. The second-order valence-electron chi connectivity index (χ2n) is 8.47. The first-order valence-electron chi connectivity index (χ1n) is 10.9. The Morgan fingerprint density at radius 3 is 2.50 bits per heavy atom. The number of likely N-dealkylation sites (tertiary alicyclic amines) is 1. The molecule has 7 nitrogen and oxygen atoms in total. The fourth-order valence-corrected chi connectivity index (χ4v) is 4.68. The van der Waals surface area contributed by atoms with Crippen molar-refractivity contribution >= 4 is 22.5 Å². The lowest BCUT2D eigenvalue weighted by Crippen LogP contribution is -2.44. The van der Waals surface area contributed by atoms with Crippen molar-refractivity contribution in [3.63, 3.8) is 0 Å². The first kappa shape index (κ1) is 20.5. The van der Waals surface area contributed by atoms with Gasteiger partial charge in [0.15, 0.2) is 0 Å². The molecule has 0 radical (unpaired) electrons. The van der Waals surface area contributed by atoms with E-state index in [1.54, 1.807) is 13.4 Å². The largest absolute Gasteiger partial charge is 0.497 e. The van der Waals surface area contributed by atoms with Crippen LogP contribution in [0.1, 0.15) is 23.2 Å². The summed E-state index contributed by atoms with van der Waals surface area (Å²) in [6.45, 7) is 1.50. The van der Waals surface area contributed by atoms with Crippen molar-refractivity contribution in [1.82, 2.24) is 24.2 Å². The number of aromatic nitrogens is 3. The highest BCUT2D eigenvalue weighted by molar-refractivity contribution is 6.16. The summed E-state index contributed by atoms with van der Waals surface area (Å²) in [6, 6.07) is 14.2. The smallest absolute Gasteiger partial charge is 0.256 e. The van der Waals surface area contributed by atoms with Crippen molar-refractivity contribution in [2.24, 2.45) is 0 Å². The average molecular weight is 430 g/mol. The van der Waals surface area contributed by atoms with Crippen LogP contribution in [0, 0.1) is 0 Å². The summed E-state index contributed by atoms with van der Waals surface area (Å²) >= 11 is 0. The minimum atomic E-state index is 0.0467. The third-order valence-electron chi connectivity index (χ3n) is 6.48. The van der Waals surface area contributed by atoms with Gasteiger partial charge in [0, 0.05) is 30.9 Å². The minimum Gasteiger partial charge on any atom is -0.497 e. The number of carbonyl (C=O) groups is 1. The van der Waals surface area contributed by atoms with Crippen LogP contribution in [0.2, 0.25) is 0 Å². The predicted octanol–water partition coefficient (Wildman–Crippen LogP) is 3.72. The summed E-state index contributed by atoms with van der Waals surface area (Å²) in [6.07, 6.45) is 5.48. The molecular formula is C25H27N5O2. The van der Waals surface area contributed by atoms with Crippen molar-refractivity contribution < 1.29 is 9.53 Å². The Hall–Kier alpha value is -3.45. The van der Waals surface area contributed by atoms with Crippen LogP contribution >= 0.6 is 0 Å². The molecule has 0 unspecified atom stereocenters. The molecule has 4 aromatic rings. The SMILES string of the molecule is COc1ccc(-c2ncnc3c2c(C(=O)N2CCC(N(C)C)CC2)c2ccccn23)cc1. The molecule has 1 aromatic carbocycles. The number of rotatable bonds is 4. The molecule has 0 bridgehead atoms. The molecule has 1 saturated heterocycles. The molecule has 1 aliphatic heterocycles. The third kappa shape index (κ3) is 3.39. The Labute approximate surface area is 187 Å². The van der Waals surface area contributed by atoms with Gasteiger partial charge >= 0.3 is 0 Å². The number of piperidine rings is 1. The van der Waals surface area contributed by atoms with Gasteiger partial charge in [0.05, 0.1) is 29.3 Å². The average Bonchev–Trinajstić information content (AvgIpc) is 3.18. The molecule has 1 aliphatic rings. The van der Waals surface area contributed by atoms with Crippen molar-refractivity contribution in [3.8, 4) is 17.0 Å². The lowest BCUT2D eigenvalue weighted by Gasteiger charge is -2.35. The fourth-order valence-electron chi connectivity index (χ4n) is 4.68. The molecule has 164 valence electrons. The molecule has 0 spiro atoms. The van der Waals surface area contributed by atoms with Crippen molar-refractivity contribution in [3.05, 3.63) is 60.6 Å². The predicted molar refractivity (Wildman–Crippen MR) is 125 cm³/mol. The Kier molecular flexibility index (Phi) is 5.27. The molecule has 0 aliphatic carbocycles. The Bertz CT molecular complexity index is 1270. The maximum absolute atomic E-state index is 13.9. The number of hydrogen-bond donors (Lipinski definition) is 0. The number of methoxy groups -OCH3 is 1. The van der Waals surface area contributed by atoms with Gasteiger partial charge in [-0.05, 0) is 63.3 Å². The Morgan fingerprint density at radius 1 is 1.06 bits per heavy atom. The molecular weight excluding hydrogens is 402 g/mol. The van der Waals surface area contributed by atoms with E-state index in [4.69, 9.17) is 4.74 Å². The topological polar surface area (TPSA) is 63.0 Å². The van der Waals surface area contributed by atoms with E-state index in [0.29, 0.717) is 11.6 Å². The molecule has 0 atom stereocenters. The highest BCUT2D eigenvalue weighted by atomic mass is 16.5. The van der Waals surface area contributed by atoms with E-state index in [0.717, 1.165) is 59.5 Å². The highest BCUT2D eigenvalue weighted by Gasteiger charge is 2.29. The molecule has 4 heterocycles. The maximum Gasteiger partial charge on any atom is 0.256 e. The van der Waals surface area contributed by atoms with Crippen LogP contribution in [-0.4, -0.2) is 70.4 Å². The Balaban J connectivity index is 1.66. The summed E-state index contributed by atoms with van der Waals surface area (Å²) in [7, 11) is 5.86. The number of nitrogens with zero attached hydrogens (tertiary/aromatic N) is 5. The van der Waals surface area contributed by atoms with E-state index in [2.05, 4.69) is 29.0 Å². The van der Waals surface area contributed by atoms with Crippen LogP contribution in [0.4, 0.5) is 0 Å². The van der Waals surface area contributed by atoms with Gasteiger partial charge in [0.2, 0.25) is 0 Å². The molecule has 32 heavy (non-hydrogen) atoms. The van der Waals surface area contributed by atoms with E-state index in [9.17, 15) is 4.79 Å². The second kappa shape index (κ2) is 8.24. The maximum atomic E-state index is 13.9. The number of hydrogen-bond acceptors (Lipinski definition) is 5. The van der Waals surface area contributed by atoms with Gasteiger partial charge in [-0.3, -0.25) is 4.79 Å². The van der Waals surface area contributed by atoms with Crippen molar-refractivity contribution in [2.75, 3.05) is 34.3 Å². The van der Waals surface area contributed by atoms with Gasteiger partial charge in [0.1, 0.15) is 17.7 Å². The zero-order valence-electron chi connectivity index (χ0n) is 18.7. The van der Waals surface area contributed by atoms with E-state index in [1.807, 2.05) is 58.0 Å². The van der Waals surface area contributed by atoms with Crippen molar-refractivity contribution in [1.29, 1.82) is 0 Å². The zero-order valence-corrected chi connectivity index (χ0v) is 18.7. The minimum absolute atomic E-state index is 0.0467. The van der Waals surface area contributed by atoms with E-state index >= 15 is 0 Å². The molecule has 0 saturated carbocycles. The second-order valence-corrected chi connectivity index (χ2v) is 8.47. The summed E-state index contributed by atoms with van der Waals surface area (Å²) in [5.41, 5.74) is 3.96. The first-order chi connectivity index (χ1) is 15.6. The summed E-state index contributed by atoms with van der Waals surface area (Å²) < 4.78 is 7.30. The van der Waals surface area contributed by atoms with Gasteiger partial charge in [-0.1, -0.05) is 6.07 Å². The van der Waals surface area contributed by atoms with Gasteiger partial charge in [-0.25, -0.2) is 9.97 Å². The first-order valence-corrected chi connectivity index (χ1v) is 10.9. The number of amides is 1. The summed E-state index contributed by atoms with van der Waals surface area (Å²) in [4.78, 5) is 27.3. The molecule has 1 amide bonds. The van der Waals surface area contributed by atoms with Gasteiger partial charge < -0.3 is 18.9 Å². The van der Waals surface area contributed by atoms with Crippen LogP contribution in [0.25, 0.3) is 27.8 Å². The molecule has 1 fully saturated rings. The van der Waals surface area contributed by atoms with Gasteiger partial charge in [-0.15, -0.1) is 0 Å². The zero-order chi connectivity index (χ0) is 22.2. The third-order valence-corrected chi connectivity index (χ3v) is 6.48. The van der Waals surface area contributed by atoms with Gasteiger partial charge in [0.25, 0.3) is 5.91 Å². The van der Waals surface area contributed by atoms with Crippen LogP contribution in [-0.2, 0) is 0 Å². The number of carbonyl (C=O) groups excluding carboxylic acids is 1. The number of ether oxygens (including phenoxy) is 1. The number of fused-ring (bicyclic) bond motifs is 3. The molecule has 5 rings (SSSR count). The Morgan fingerprint density at radius 2 is 1.81 bits per heavy atom. The molecule has 3 aromatic heterocycles. The fraction of sp³-hybridized carbons (Fsp3) is 0.320.